The lowest BCUT2D eigenvalue weighted by molar-refractivity contribution is -0.134. The number of rotatable bonds is 11. The zero-order valence-corrected chi connectivity index (χ0v) is 26.7. The molecular weight excluding hydrogens is 498 g/mol. The van der Waals surface area contributed by atoms with Crippen LogP contribution in [-0.4, -0.2) is 58.9 Å². The highest BCUT2D eigenvalue weighted by Gasteiger charge is 2.46. The van der Waals surface area contributed by atoms with Gasteiger partial charge in [0.1, 0.15) is 6.61 Å². The molecule has 2 rings (SSSR count). The Kier molecular flexibility index (Phi) is 10.2. The van der Waals surface area contributed by atoms with Gasteiger partial charge in [-0.3, -0.25) is 4.79 Å². The van der Waals surface area contributed by atoms with E-state index >= 15 is 0 Å². The van der Waals surface area contributed by atoms with Gasteiger partial charge in [-0.2, -0.15) is 0 Å². The molecule has 0 spiro atoms. The van der Waals surface area contributed by atoms with Crippen molar-refractivity contribution >= 4 is 28.6 Å². The summed E-state index contributed by atoms with van der Waals surface area (Å²) in [5.74, 6) is -0.990. The van der Waals surface area contributed by atoms with Gasteiger partial charge in [0.05, 0.1) is 18.1 Å². The van der Waals surface area contributed by atoms with Crippen LogP contribution in [0.15, 0.2) is 43.0 Å². The first-order valence-electron chi connectivity index (χ1n) is 13.4. The number of nitrogens with zero attached hydrogens (tertiary/aromatic N) is 1. The van der Waals surface area contributed by atoms with E-state index in [2.05, 4.69) is 74.3 Å². The van der Waals surface area contributed by atoms with E-state index in [9.17, 15) is 9.59 Å². The summed E-state index contributed by atoms with van der Waals surface area (Å²) in [5, 5.41) is 0.0448. The Balaban J connectivity index is 2.31. The summed E-state index contributed by atoms with van der Waals surface area (Å²) in [4.78, 5) is 28.0. The number of cyclic esters (lactones) is 1. The average molecular weight is 548 g/mol. The fourth-order valence-electron chi connectivity index (χ4n) is 3.85. The maximum Gasteiger partial charge on any atom is 0.417 e. The van der Waals surface area contributed by atoms with Crippen LogP contribution in [0.3, 0.4) is 0 Å². The van der Waals surface area contributed by atoms with E-state index in [0.29, 0.717) is 19.4 Å². The van der Waals surface area contributed by atoms with Crippen LogP contribution in [-0.2, 0) is 24.8 Å². The minimum Gasteiger partial charge on any atom is -0.447 e. The van der Waals surface area contributed by atoms with E-state index in [1.54, 1.807) is 6.08 Å². The Bertz CT molecular complexity index is 934. The van der Waals surface area contributed by atoms with E-state index < -0.39 is 34.7 Å². The number of imide groups is 1. The number of ether oxygens (including phenoxy) is 1. The van der Waals surface area contributed by atoms with Crippen LogP contribution in [0.1, 0.15) is 53.5 Å². The monoisotopic (exact) mass is 547 g/mol. The summed E-state index contributed by atoms with van der Waals surface area (Å²) in [6.45, 7) is 26.7. The van der Waals surface area contributed by atoms with Crippen molar-refractivity contribution < 1.29 is 23.2 Å². The Morgan fingerprint density at radius 1 is 1.08 bits per heavy atom. The number of hydrogen-bond acceptors (Lipinski definition) is 5. The van der Waals surface area contributed by atoms with Gasteiger partial charge >= 0.3 is 6.09 Å². The van der Waals surface area contributed by atoms with Crippen LogP contribution >= 0.6 is 0 Å². The van der Waals surface area contributed by atoms with E-state index in [1.807, 2.05) is 30.3 Å². The number of hydrogen-bond donors (Lipinski definition) is 0. The van der Waals surface area contributed by atoms with Gasteiger partial charge in [-0.25, -0.2) is 9.69 Å². The smallest absolute Gasteiger partial charge is 0.417 e. The summed E-state index contributed by atoms with van der Waals surface area (Å²) in [6, 6.07) is 9.50. The van der Waals surface area contributed by atoms with Crippen molar-refractivity contribution in [3.8, 4) is 0 Å². The minimum atomic E-state index is -2.24. The summed E-state index contributed by atoms with van der Waals surface area (Å²) in [6.07, 6.45) is 1.69. The molecule has 0 bridgehead atoms. The van der Waals surface area contributed by atoms with Crippen molar-refractivity contribution in [1.29, 1.82) is 0 Å². The number of amides is 2. The van der Waals surface area contributed by atoms with Gasteiger partial charge in [0.2, 0.25) is 5.91 Å². The second kappa shape index (κ2) is 12.0. The molecule has 1 saturated heterocycles. The standard InChI is InChI=1S/C29H49NO5Si2/c1-12-24(26(31)30-23(21-33-27(30)32)20-22-16-14-13-15-17-22)25(35-37(10,11)29(5,6)7)18-19-34-36(8,9)28(2,3)4/h12-17,23-25H,1,18-21H2,2-11H3/t23-,24-,25+/m1/s1. The van der Waals surface area contributed by atoms with Crippen LogP contribution in [0.2, 0.25) is 36.3 Å². The Morgan fingerprint density at radius 2 is 1.65 bits per heavy atom. The molecule has 0 aliphatic carbocycles. The SMILES string of the molecule is C=C[C@@H](C(=O)N1C(=O)OC[C@H]1Cc1ccccc1)[C@H](CCO[Si](C)(C)C(C)(C)C)O[Si](C)(C)C(C)(C)C. The minimum absolute atomic E-state index is 0.0390. The van der Waals surface area contributed by atoms with Gasteiger partial charge in [-0.1, -0.05) is 78.0 Å². The molecule has 0 radical (unpaired) electrons. The molecule has 37 heavy (non-hydrogen) atoms. The van der Waals surface area contributed by atoms with Gasteiger partial charge in [0.25, 0.3) is 0 Å². The third kappa shape index (κ3) is 7.88. The lowest BCUT2D eigenvalue weighted by atomic mass is 9.97. The van der Waals surface area contributed by atoms with Crippen LogP contribution in [0.25, 0.3) is 0 Å². The summed E-state index contributed by atoms with van der Waals surface area (Å²) >= 11 is 0. The highest BCUT2D eigenvalue weighted by molar-refractivity contribution is 6.74. The molecule has 1 aliphatic heterocycles. The average Bonchev–Trinajstić information content (AvgIpc) is 3.12. The zero-order chi connectivity index (χ0) is 28.2. The van der Waals surface area contributed by atoms with Crippen molar-refractivity contribution in [3.63, 3.8) is 0 Å². The first-order valence-corrected chi connectivity index (χ1v) is 19.2. The van der Waals surface area contributed by atoms with Crippen LogP contribution in [0, 0.1) is 5.92 Å². The van der Waals surface area contributed by atoms with Crippen molar-refractivity contribution in [1.82, 2.24) is 4.90 Å². The quantitative estimate of drug-likeness (QED) is 0.217. The highest BCUT2D eigenvalue weighted by atomic mass is 28.4. The van der Waals surface area contributed by atoms with Gasteiger partial charge in [-0.15, -0.1) is 6.58 Å². The molecule has 1 fully saturated rings. The maximum absolute atomic E-state index is 13.9. The molecule has 6 nitrogen and oxygen atoms in total. The molecular formula is C29H49NO5Si2. The molecule has 2 amide bonds. The van der Waals surface area contributed by atoms with Gasteiger partial charge in [0.15, 0.2) is 16.6 Å². The molecule has 8 heteroatoms. The Morgan fingerprint density at radius 3 is 2.16 bits per heavy atom. The summed E-state index contributed by atoms with van der Waals surface area (Å²) in [7, 11) is -4.21. The number of benzene rings is 1. The molecule has 3 atom stereocenters. The molecule has 0 N–H and O–H groups in total. The lowest BCUT2D eigenvalue weighted by Gasteiger charge is -2.42. The molecule has 208 valence electrons. The molecule has 1 aromatic carbocycles. The maximum atomic E-state index is 13.9. The van der Waals surface area contributed by atoms with Gasteiger partial charge in [0, 0.05) is 6.61 Å². The topological polar surface area (TPSA) is 65.1 Å². The van der Waals surface area contributed by atoms with E-state index in [4.69, 9.17) is 13.6 Å². The normalized spacial score (nSPS) is 18.9. The molecule has 1 aromatic rings. The van der Waals surface area contributed by atoms with Gasteiger partial charge in [-0.05, 0) is 54.7 Å². The largest absolute Gasteiger partial charge is 0.447 e. The van der Waals surface area contributed by atoms with Crippen LogP contribution < -0.4 is 0 Å². The third-order valence-electron chi connectivity index (χ3n) is 8.38. The first-order chi connectivity index (χ1) is 16.9. The summed E-state index contributed by atoms with van der Waals surface area (Å²) < 4.78 is 18.6. The van der Waals surface area contributed by atoms with Crippen LogP contribution in [0.5, 0.6) is 0 Å². The highest BCUT2D eigenvalue weighted by Crippen LogP contribution is 2.40. The van der Waals surface area contributed by atoms with Gasteiger partial charge < -0.3 is 13.6 Å². The predicted molar refractivity (Wildman–Crippen MR) is 156 cm³/mol. The number of carbonyl (C=O) groups excluding carboxylic acids is 2. The molecule has 0 saturated carbocycles. The van der Waals surface area contributed by atoms with Crippen molar-refractivity contribution in [2.24, 2.45) is 5.92 Å². The second-order valence-electron chi connectivity index (χ2n) is 13.2. The zero-order valence-electron chi connectivity index (χ0n) is 24.7. The van der Waals surface area contributed by atoms with Crippen molar-refractivity contribution in [2.75, 3.05) is 13.2 Å². The predicted octanol–water partition coefficient (Wildman–Crippen LogP) is 7.18. The first kappa shape index (κ1) is 31.5. The summed E-state index contributed by atoms with van der Waals surface area (Å²) in [5.41, 5.74) is 1.05. The fourth-order valence-corrected chi connectivity index (χ4v) is 6.29. The molecule has 0 aromatic heterocycles. The Hall–Kier alpha value is -1.75. The van der Waals surface area contributed by atoms with E-state index in [-0.39, 0.29) is 28.6 Å². The molecule has 1 aliphatic rings. The molecule has 1 heterocycles. The van der Waals surface area contributed by atoms with E-state index in [1.165, 1.54) is 4.90 Å². The molecule has 0 unspecified atom stereocenters. The number of carbonyl (C=O) groups is 2. The second-order valence-corrected chi connectivity index (χ2v) is 22.8. The Labute approximate surface area is 227 Å². The fraction of sp³-hybridized carbons (Fsp3) is 0.655. The van der Waals surface area contributed by atoms with Crippen LogP contribution in [0.4, 0.5) is 4.79 Å². The van der Waals surface area contributed by atoms with Crippen molar-refractivity contribution in [2.45, 2.75) is 103 Å². The lowest BCUT2D eigenvalue weighted by Crippen LogP contribution is -2.51. The third-order valence-corrected chi connectivity index (χ3v) is 17.4. The van der Waals surface area contributed by atoms with E-state index in [0.717, 1.165) is 5.56 Å². The van der Waals surface area contributed by atoms with Crippen molar-refractivity contribution in [3.05, 3.63) is 48.6 Å².